The van der Waals surface area contributed by atoms with E-state index in [1.165, 1.54) is 96.3 Å². The third-order valence-corrected chi connectivity index (χ3v) is 5.56. The van der Waals surface area contributed by atoms with Crippen LogP contribution in [0, 0.1) is 0 Å². The van der Waals surface area contributed by atoms with E-state index in [2.05, 4.69) is 18.0 Å². The molecule has 0 fully saturated rings. The fraction of sp³-hybridized carbons (Fsp3) is 0.958. The SMILES string of the molecule is CCCCCCCCCCCCOS(=O)(=O)[O-].CCCCCCCCCCC[C-]=O.[Na+].[Na+]. The zero-order valence-corrected chi connectivity index (χ0v) is 26.6. The van der Waals surface area contributed by atoms with Gasteiger partial charge in [0.05, 0.1) is 6.61 Å². The van der Waals surface area contributed by atoms with Crippen LogP contribution in [0.25, 0.3) is 0 Å². The Balaban J connectivity index is -0.000000238. The Hall–Kier alpha value is 1.54. The molecule has 0 aliphatic heterocycles. The van der Waals surface area contributed by atoms with E-state index >= 15 is 0 Å². The fourth-order valence-electron chi connectivity index (χ4n) is 3.26. The molecule has 0 bridgehead atoms. The number of hydrogen-bond acceptors (Lipinski definition) is 5. The molecule has 0 radical (unpaired) electrons. The second kappa shape index (κ2) is 34.7. The molecule has 0 N–H and O–H groups in total. The summed E-state index contributed by atoms with van der Waals surface area (Å²) >= 11 is 0. The van der Waals surface area contributed by atoms with Crippen LogP contribution in [-0.2, 0) is 19.4 Å². The summed E-state index contributed by atoms with van der Waals surface area (Å²) in [4.78, 5) is 9.89. The van der Waals surface area contributed by atoms with E-state index in [0.29, 0.717) is 12.8 Å². The summed E-state index contributed by atoms with van der Waals surface area (Å²) in [5, 5.41) is 0. The van der Waals surface area contributed by atoms with E-state index in [0.717, 1.165) is 19.3 Å². The van der Waals surface area contributed by atoms with Gasteiger partial charge in [-0.1, -0.05) is 129 Å². The minimum absolute atomic E-state index is 0. The molecule has 8 heteroatoms. The second-order valence-electron chi connectivity index (χ2n) is 8.13. The number of hydrogen-bond donors (Lipinski definition) is 0. The van der Waals surface area contributed by atoms with Crippen molar-refractivity contribution in [3.63, 3.8) is 0 Å². The zero-order valence-electron chi connectivity index (χ0n) is 21.8. The smallest absolute Gasteiger partial charge is 0.726 e. The summed E-state index contributed by atoms with van der Waals surface area (Å²) in [6.45, 7) is 4.49. The maximum Gasteiger partial charge on any atom is 1.00 e. The Labute approximate surface area is 244 Å². The van der Waals surface area contributed by atoms with Crippen LogP contribution in [0.3, 0.4) is 0 Å². The first-order valence-electron chi connectivity index (χ1n) is 12.4. The molecule has 32 heavy (non-hydrogen) atoms. The molecule has 0 aromatic heterocycles. The standard InChI is InChI=1S/C12H26O4S.C12H23O.2Na/c1-2-3-4-5-6-7-8-9-10-11-12-16-17(13,14)15;1-2-3-4-5-6-7-8-9-10-11-12-13;;/h2-12H2,1H3,(H,13,14,15);2-11H2,1H3;;/q;-1;2*+1/p-1. The van der Waals surface area contributed by atoms with Gasteiger partial charge < -0.3 is 9.35 Å². The Morgan fingerprint density at radius 3 is 1.22 bits per heavy atom. The molecular formula is C24H48Na2O5S. The summed E-state index contributed by atoms with van der Waals surface area (Å²) in [5.41, 5.74) is 0. The van der Waals surface area contributed by atoms with Crippen molar-refractivity contribution in [2.75, 3.05) is 6.61 Å². The summed E-state index contributed by atoms with van der Waals surface area (Å²) in [6, 6.07) is 0. The molecular weight excluding hydrogens is 446 g/mol. The second-order valence-corrected chi connectivity index (χ2v) is 9.19. The van der Waals surface area contributed by atoms with E-state index in [4.69, 9.17) is 0 Å². The van der Waals surface area contributed by atoms with Crippen molar-refractivity contribution >= 4 is 16.7 Å². The number of rotatable bonds is 22. The van der Waals surface area contributed by atoms with Gasteiger partial charge in [-0.25, -0.2) is 8.42 Å². The monoisotopic (exact) mass is 494 g/mol. The van der Waals surface area contributed by atoms with E-state index in [9.17, 15) is 17.8 Å². The van der Waals surface area contributed by atoms with Gasteiger partial charge in [0.25, 0.3) is 0 Å². The minimum atomic E-state index is -4.48. The maximum atomic E-state index is 10.1. The molecule has 0 aromatic carbocycles. The summed E-state index contributed by atoms with van der Waals surface area (Å²) in [6.07, 6.45) is 26.1. The minimum Gasteiger partial charge on any atom is -0.726 e. The van der Waals surface area contributed by atoms with E-state index in [1.807, 2.05) is 6.29 Å². The molecule has 0 aromatic rings. The van der Waals surface area contributed by atoms with Crippen molar-refractivity contribution in [2.24, 2.45) is 0 Å². The number of carbonyl (C=O) groups excluding carboxylic acids is 1. The average molecular weight is 495 g/mol. The quantitative estimate of drug-likeness (QED) is 0.0747. The molecule has 0 amide bonds. The van der Waals surface area contributed by atoms with Gasteiger partial charge in [0, 0.05) is 0 Å². The molecule has 0 aliphatic carbocycles. The maximum absolute atomic E-state index is 10.1. The van der Waals surface area contributed by atoms with Crippen molar-refractivity contribution < 1.29 is 81.1 Å². The van der Waals surface area contributed by atoms with Gasteiger partial charge in [0.15, 0.2) is 0 Å². The van der Waals surface area contributed by atoms with Gasteiger partial charge in [0.1, 0.15) is 0 Å². The third-order valence-electron chi connectivity index (χ3n) is 5.11. The summed E-state index contributed by atoms with van der Waals surface area (Å²) in [5.74, 6) is 0. The first-order chi connectivity index (χ1) is 14.5. The van der Waals surface area contributed by atoms with Crippen LogP contribution >= 0.6 is 0 Å². The van der Waals surface area contributed by atoms with E-state index < -0.39 is 10.4 Å². The van der Waals surface area contributed by atoms with Crippen LogP contribution in [0.4, 0.5) is 0 Å². The molecule has 5 nitrogen and oxygen atoms in total. The Morgan fingerprint density at radius 2 is 0.906 bits per heavy atom. The topological polar surface area (TPSA) is 83.5 Å². The van der Waals surface area contributed by atoms with Gasteiger partial charge in [-0.3, -0.25) is 10.5 Å². The van der Waals surface area contributed by atoms with Crippen LogP contribution in [0.2, 0.25) is 0 Å². The van der Waals surface area contributed by atoms with Crippen LogP contribution in [0.1, 0.15) is 142 Å². The predicted octanol–water partition coefficient (Wildman–Crippen LogP) is 1.41. The van der Waals surface area contributed by atoms with Crippen molar-refractivity contribution in [1.82, 2.24) is 0 Å². The van der Waals surface area contributed by atoms with Crippen LogP contribution < -0.4 is 59.1 Å². The van der Waals surface area contributed by atoms with Crippen LogP contribution in [-0.4, -0.2) is 25.9 Å². The van der Waals surface area contributed by atoms with Gasteiger partial charge in [0.2, 0.25) is 10.4 Å². The molecule has 0 unspecified atom stereocenters. The Bertz CT molecular complexity index is 434. The molecule has 0 rings (SSSR count). The predicted molar refractivity (Wildman–Crippen MR) is 125 cm³/mol. The van der Waals surface area contributed by atoms with Gasteiger partial charge >= 0.3 is 59.1 Å². The molecule has 0 heterocycles. The van der Waals surface area contributed by atoms with Crippen LogP contribution in [0.5, 0.6) is 0 Å². The van der Waals surface area contributed by atoms with E-state index in [1.54, 1.807) is 0 Å². The van der Waals surface area contributed by atoms with Gasteiger partial charge in [-0.05, 0) is 6.42 Å². The van der Waals surface area contributed by atoms with Gasteiger partial charge in [-0.15, -0.1) is 0 Å². The normalized spacial score (nSPS) is 10.5. The molecule has 0 saturated heterocycles. The number of unbranched alkanes of at least 4 members (excludes halogenated alkanes) is 18. The Kier molecular flexibility index (Phi) is 44.1. The van der Waals surface area contributed by atoms with Crippen molar-refractivity contribution in [2.45, 2.75) is 142 Å². The first kappa shape index (κ1) is 40.7. The Morgan fingerprint density at radius 1 is 0.594 bits per heavy atom. The summed E-state index contributed by atoms with van der Waals surface area (Å²) < 4.78 is 34.5. The molecule has 0 saturated carbocycles. The van der Waals surface area contributed by atoms with E-state index in [-0.39, 0.29) is 65.7 Å². The van der Waals surface area contributed by atoms with Crippen molar-refractivity contribution in [3.05, 3.63) is 0 Å². The largest absolute Gasteiger partial charge is 1.00 e. The van der Waals surface area contributed by atoms with Gasteiger partial charge in [-0.2, -0.15) is 6.42 Å². The molecule has 0 spiro atoms. The third kappa shape index (κ3) is 45.1. The fourth-order valence-corrected chi connectivity index (χ4v) is 3.58. The molecule has 0 aliphatic rings. The van der Waals surface area contributed by atoms with Crippen LogP contribution in [0.15, 0.2) is 0 Å². The summed E-state index contributed by atoms with van der Waals surface area (Å²) in [7, 11) is -4.48. The first-order valence-corrected chi connectivity index (χ1v) is 13.8. The average Bonchev–Trinajstić information content (AvgIpc) is 2.70. The van der Waals surface area contributed by atoms with Crippen molar-refractivity contribution in [3.8, 4) is 0 Å². The zero-order chi connectivity index (χ0) is 22.8. The van der Waals surface area contributed by atoms with Crippen molar-refractivity contribution in [1.29, 1.82) is 0 Å². The molecule has 0 atom stereocenters. The molecule has 182 valence electrons.